The van der Waals surface area contributed by atoms with Gasteiger partial charge >= 0.3 is 0 Å². The van der Waals surface area contributed by atoms with E-state index < -0.39 is 8.32 Å². The Balaban J connectivity index is 2.13. The van der Waals surface area contributed by atoms with Gasteiger partial charge in [0.15, 0.2) is 0 Å². The highest BCUT2D eigenvalue weighted by Gasteiger charge is 2.50. The summed E-state index contributed by atoms with van der Waals surface area (Å²) < 4.78 is 8.10. The second-order valence-electron chi connectivity index (χ2n) is 8.02. The van der Waals surface area contributed by atoms with E-state index in [2.05, 4.69) is 122 Å². The van der Waals surface area contributed by atoms with Gasteiger partial charge in [-0.05, 0) is 45.6 Å². The Morgan fingerprint density at radius 1 is 0.815 bits per heavy atom. The molecule has 3 rings (SSSR count). The van der Waals surface area contributed by atoms with Gasteiger partial charge in [0.25, 0.3) is 8.32 Å². The van der Waals surface area contributed by atoms with Gasteiger partial charge in [-0.1, -0.05) is 103 Å². The summed E-state index contributed by atoms with van der Waals surface area (Å²) >= 11 is 3.60. The third kappa shape index (κ3) is 4.10. The summed E-state index contributed by atoms with van der Waals surface area (Å²) in [6.45, 7) is 9.70. The second kappa shape index (κ2) is 8.13. The zero-order chi connectivity index (χ0) is 19.5. The van der Waals surface area contributed by atoms with Crippen LogP contribution in [0.5, 0.6) is 0 Å². The lowest BCUT2D eigenvalue weighted by molar-refractivity contribution is 0.285. The molecule has 0 bridgehead atoms. The molecule has 0 aliphatic rings. The van der Waals surface area contributed by atoms with Crippen LogP contribution in [0.4, 0.5) is 0 Å². The summed E-state index contributed by atoms with van der Waals surface area (Å²) in [7, 11) is -2.49. The lowest BCUT2D eigenvalue weighted by Gasteiger charge is -2.43. The van der Waals surface area contributed by atoms with Crippen molar-refractivity contribution in [3.05, 3.63) is 94.5 Å². The molecule has 0 unspecified atom stereocenters. The van der Waals surface area contributed by atoms with Crippen molar-refractivity contribution in [1.29, 1.82) is 0 Å². The molecule has 0 radical (unpaired) electrons. The minimum Gasteiger partial charge on any atom is -0.403 e. The summed E-state index contributed by atoms with van der Waals surface area (Å²) in [5.74, 6) is 0. The van der Waals surface area contributed by atoms with Crippen molar-refractivity contribution < 1.29 is 4.43 Å². The smallest absolute Gasteiger partial charge is 0.261 e. The molecule has 0 aliphatic heterocycles. The fraction of sp³-hybridized carbons (Fsp3) is 0.250. The molecule has 0 saturated carbocycles. The molecule has 27 heavy (non-hydrogen) atoms. The van der Waals surface area contributed by atoms with Crippen molar-refractivity contribution >= 4 is 34.6 Å². The van der Waals surface area contributed by atoms with Crippen molar-refractivity contribution in [1.82, 2.24) is 0 Å². The third-order valence-corrected chi connectivity index (χ3v) is 10.6. The first-order valence-corrected chi connectivity index (χ1v) is 12.0. The first-order chi connectivity index (χ1) is 12.8. The van der Waals surface area contributed by atoms with Crippen LogP contribution in [0.25, 0.3) is 0 Å². The Kier molecular flexibility index (Phi) is 6.04. The van der Waals surface area contributed by atoms with Crippen LogP contribution in [0.3, 0.4) is 0 Å². The number of halogens is 1. The standard InChI is InChI=1S/C24H27BrOSi/c1-19-15-16-21(25)17-20(19)18-26-27(24(2,3)4,22-11-7-5-8-12-22)23-13-9-6-10-14-23/h5-17H,18H2,1-4H3. The lowest BCUT2D eigenvalue weighted by atomic mass is 10.1. The first-order valence-electron chi connectivity index (χ1n) is 9.34. The molecule has 0 fully saturated rings. The normalized spacial score (nSPS) is 12.2. The number of benzene rings is 3. The molecule has 0 spiro atoms. The van der Waals surface area contributed by atoms with Crippen LogP contribution in [0, 0.1) is 6.92 Å². The molecule has 0 heterocycles. The number of hydrogen-bond donors (Lipinski definition) is 0. The van der Waals surface area contributed by atoms with E-state index in [1.807, 2.05) is 0 Å². The maximum Gasteiger partial charge on any atom is 0.261 e. The molecule has 0 aromatic heterocycles. The van der Waals surface area contributed by atoms with Gasteiger partial charge in [-0.15, -0.1) is 0 Å². The van der Waals surface area contributed by atoms with Crippen LogP contribution in [0.15, 0.2) is 83.3 Å². The quantitative estimate of drug-likeness (QED) is 0.454. The zero-order valence-corrected chi connectivity index (χ0v) is 19.1. The first kappa shape index (κ1) is 20.1. The Morgan fingerprint density at radius 3 is 1.81 bits per heavy atom. The van der Waals surface area contributed by atoms with Crippen molar-refractivity contribution in [2.24, 2.45) is 0 Å². The highest BCUT2D eigenvalue weighted by molar-refractivity contribution is 9.10. The van der Waals surface area contributed by atoms with Gasteiger partial charge in [-0.25, -0.2) is 0 Å². The Hall–Kier alpha value is -1.68. The molecule has 3 heteroatoms. The summed E-state index contributed by atoms with van der Waals surface area (Å²) in [5, 5.41) is 2.63. The summed E-state index contributed by atoms with van der Waals surface area (Å²) in [6.07, 6.45) is 0. The SMILES string of the molecule is Cc1ccc(Br)cc1CO[Si](c1ccccc1)(c1ccccc1)C(C)(C)C. The molecule has 3 aromatic rings. The molecule has 0 saturated heterocycles. The van der Waals surface area contributed by atoms with E-state index >= 15 is 0 Å². The maximum atomic E-state index is 7.01. The highest BCUT2D eigenvalue weighted by Crippen LogP contribution is 2.37. The molecular formula is C24H27BrOSi. The van der Waals surface area contributed by atoms with Crippen LogP contribution in [-0.2, 0) is 11.0 Å². The third-order valence-electron chi connectivity index (χ3n) is 5.17. The van der Waals surface area contributed by atoms with E-state index in [0.717, 1.165) is 4.47 Å². The predicted octanol–water partition coefficient (Wildman–Crippen LogP) is 5.83. The second-order valence-corrected chi connectivity index (χ2v) is 13.2. The predicted molar refractivity (Wildman–Crippen MR) is 121 cm³/mol. The number of hydrogen-bond acceptors (Lipinski definition) is 1. The molecule has 0 aliphatic carbocycles. The van der Waals surface area contributed by atoms with Crippen molar-refractivity contribution in [3.8, 4) is 0 Å². The lowest BCUT2D eigenvalue weighted by Crippen LogP contribution is -2.66. The molecule has 0 amide bonds. The van der Waals surface area contributed by atoms with Gasteiger partial charge in [-0.3, -0.25) is 0 Å². The van der Waals surface area contributed by atoms with Gasteiger partial charge in [0.2, 0.25) is 0 Å². The largest absolute Gasteiger partial charge is 0.403 e. The minimum atomic E-state index is -2.49. The van der Waals surface area contributed by atoms with Gasteiger partial charge in [0.1, 0.15) is 0 Å². The van der Waals surface area contributed by atoms with E-state index in [1.54, 1.807) is 0 Å². The van der Waals surface area contributed by atoms with E-state index in [-0.39, 0.29) is 5.04 Å². The van der Waals surface area contributed by atoms with Crippen LogP contribution in [0.1, 0.15) is 31.9 Å². The van der Waals surface area contributed by atoms with Crippen molar-refractivity contribution in [2.75, 3.05) is 0 Å². The fourth-order valence-corrected chi connectivity index (χ4v) is 8.68. The van der Waals surface area contributed by atoms with E-state index in [9.17, 15) is 0 Å². The topological polar surface area (TPSA) is 9.23 Å². The van der Waals surface area contributed by atoms with Crippen LogP contribution in [-0.4, -0.2) is 8.32 Å². The molecular weight excluding hydrogens is 412 g/mol. The Bertz CT molecular complexity index is 846. The van der Waals surface area contributed by atoms with Crippen LogP contribution in [0.2, 0.25) is 5.04 Å². The average Bonchev–Trinajstić information content (AvgIpc) is 2.65. The van der Waals surface area contributed by atoms with Gasteiger partial charge in [0.05, 0.1) is 6.61 Å². The minimum absolute atomic E-state index is 0.00434. The molecule has 0 atom stereocenters. The monoisotopic (exact) mass is 438 g/mol. The van der Waals surface area contributed by atoms with Crippen molar-refractivity contribution in [3.63, 3.8) is 0 Å². The molecule has 0 N–H and O–H groups in total. The summed E-state index contributed by atoms with van der Waals surface area (Å²) in [6, 6.07) is 28.0. The van der Waals surface area contributed by atoms with Crippen LogP contribution < -0.4 is 10.4 Å². The molecule has 140 valence electrons. The zero-order valence-electron chi connectivity index (χ0n) is 16.5. The van der Waals surface area contributed by atoms with Gasteiger partial charge in [0, 0.05) is 4.47 Å². The van der Waals surface area contributed by atoms with Crippen LogP contribution >= 0.6 is 15.9 Å². The summed E-state index contributed by atoms with van der Waals surface area (Å²) in [4.78, 5) is 0. The number of aryl methyl sites for hydroxylation is 1. The molecule has 3 aromatic carbocycles. The fourth-order valence-electron chi connectivity index (χ4n) is 3.74. The van der Waals surface area contributed by atoms with E-state index in [1.165, 1.54) is 21.5 Å². The Morgan fingerprint density at radius 2 is 1.33 bits per heavy atom. The molecule has 1 nitrogen and oxygen atoms in total. The maximum absolute atomic E-state index is 7.01. The number of rotatable bonds is 5. The van der Waals surface area contributed by atoms with Gasteiger partial charge in [-0.2, -0.15) is 0 Å². The highest BCUT2D eigenvalue weighted by atomic mass is 79.9. The Labute approximate surface area is 172 Å². The summed E-state index contributed by atoms with van der Waals surface area (Å²) in [5.41, 5.74) is 2.49. The van der Waals surface area contributed by atoms with Crippen molar-refractivity contribution in [2.45, 2.75) is 39.3 Å². The van der Waals surface area contributed by atoms with Gasteiger partial charge < -0.3 is 4.43 Å². The average molecular weight is 439 g/mol. The van der Waals surface area contributed by atoms with E-state index in [0.29, 0.717) is 6.61 Å². The van der Waals surface area contributed by atoms with E-state index in [4.69, 9.17) is 4.43 Å².